The van der Waals surface area contributed by atoms with Gasteiger partial charge in [-0.3, -0.25) is 14.3 Å². The normalized spacial score (nSPS) is 32.7. The maximum atomic E-state index is 12.2. The van der Waals surface area contributed by atoms with Gasteiger partial charge in [0.25, 0.3) is 5.56 Å². The van der Waals surface area contributed by atoms with Crippen LogP contribution in [0.5, 0.6) is 0 Å². The number of aromatic nitrogens is 2. The first kappa shape index (κ1) is 15.4. The predicted molar refractivity (Wildman–Crippen MR) is 75.5 cm³/mol. The summed E-state index contributed by atoms with van der Waals surface area (Å²) in [6.07, 6.45) is -0.966. The molecule has 2 aliphatic rings. The molecule has 8 heteroatoms. The Hall–Kier alpha value is -1.48. The Morgan fingerprint density at radius 2 is 1.91 bits per heavy atom. The zero-order valence-corrected chi connectivity index (χ0v) is 12.0. The number of nitrogens with one attached hydrogen (secondary N) is 1. The van der Waals surface area contributed by atoms with Gasteiger partial charge in [0.1, 0.15) is 18.3 Å². The third kappa shape index (κ3) is 2.52. The molecule has 4 atom stereocenters. The summed E-state index contributed by atoms with van der Waals surface area (Å²) < 4.78 is 6.64. The number of aliphatic hydroxyl groups is 3. The Labute approximate surface area is 126 Å². The van der Waals surface area contributed by atoms with Crippen molar-refractivity contribution in [3.63, 3.8) is 0 Å². The van der Waals surface area contributed by atoms with E-state index in [1.807, 2.05) is 0 Å². The molecule has 0 amide bonds. The molecule has 0 spiro atoms. The van der Waals surface area contributed by atoms with E-state index in [1.165, 1.54) is 10.6 Å². The van der Waals surface area contributed by atoms with Crippen LogP contribution in [0.15, 0.2) is 15.7 Å². The lowest BCUT2D eigenvalue weighted by molar-refractivity contribution is -0.0567. The van der Waals surface area contributed by atoms with Gasteiger partial charge in [0.15, 0.2) is 6.23 Å². The van der Waals surface area contributed by atoms with Crippen molar-refractivity contribution in [2.45, 2.75) is 56.1 Å². The van der Waals surface area contributed by atoms with Crippen molar-refractivity contribution in [1.29, 1.82) is 0 Å². The van der Waals surface area contributed by atoms with Crippen molar-refractivity contribution in [1.82, 2.24) is 9.55 Å². The van der Waals surface area contributed by atoms with Gasteiger partial charge in [0.05, 0.1) is 6.61 Å². The van der Waals surface area contributed by atoms with E-state index in [9.17, 15) is 24.9 Å². The molecule has 1 saturated heterocycles. The number of ether oxygens (including phenoxy) is 1. The molecule has 1 saturated carbocycles. The molecule has 1 aromatic rings. The lowest BCUT2D eigenvalue weighted by Gasteiger charge is -2.23. The summed E-state index contributed by atoms with van der Waals surface area (Å²) >= 11 is 0. The largest absolute Gasteiger partial charge is 0.394 e. The fourth-order valence-corrected chi connectivity index (χ4v) is 3.41. The zero-order valence-electron chi connectivity index (χ0n) is 12.0. The van der Waals surface area contributed by atoms with Crippen LogP contribution < -0.4 is 11.2 Å². The van der Waals surface area contributed by atoms with Gasteiger partial charge in [-0.05, 0) is 18.8 Å². The van der Waals surface area contributed by atoms with Crippen LogP contribution in [0.4, 0.5) is 0 Å². The van der Waals surface area contributed by atoms with Crippen LogP contribution in [0.3, 0.4) is 0 Å². The van der Waals surface area contributed by atoms with Crippen LogP contribution in [0.1, 0.15) is 43.5 Å². The molecule has 1 aliphatic heterocycles. The third-order valence-electron chi connectivity index (χ3n) is 4.55. The molecule has 1 aliphatic carbocycles. The van der Waals surface area contributed by atoms with Crippen LogP contribution in [0.2, 0.25) is 0 Å². The predicted octanol–water partition coefficient (Wildman–Crippen LogP) is -1.19. The number of hydrogen-bond acceptors (Lipinski definition) is 6. The van der Waals surface area contributed by atoms with Gasteiger partial charge in [-0.15, -0.1) is 0 Å². The maximum Gasteiger partial charge on any atom is 0.330 e. The lowest BCUT2D eigenvalue weighted by Crippen LogP contribution is -2.40. The summed E-state index contributed by atoms with van der Waals surface area (Å²) in [6.45, 7) is -0.467. The highest BCUT2D eigenvalue weighted by molar-refractivity contribution is 5.12. The quantitative estimate of drug-likeness (QED) is 0.556. The Bertz CT molecular complexity index is 647. The van der Waals surface area contributed by atoms with Gasteiger partial charge in [0, 0.05) is 11.8 Å². The molecule has 0 radical (unpaired) electrons. The Kier molecular flexibility index (Phi) is 4.18. The van der Waals surface area contributed by atoms with Crippen LogP contribution in [0, 0.1) is 0 Å². The number of H-pyrrole nitrogens is 1. The molecule has 0 aromatic carbocycles. The molecule has 2 fully saturated rings. The fraction of sp³-hybridized carbons (Fsp3) is 0.714. The van der Waals surface area contributed by atoms with Gasteiger partial charge in [0.2, 0.25) is 0 Å². The minimum absolute atomic E-state index is 0.0520. The van der Waals surface area contributed by atoms with Crippen LogP contribution in [-0.4, -0.2) is 49.8 Å². The average Bonchev–Trinajstić information content (AvgIpc) is 3.09. The summed E-state index contributed by atoms with van der Waals surface area (Å²) in [5.74, 6) is 0.0520. The van der Waals surface area contributed by atoms with Gasteiger partial charge in [-0.2, -0.15) is 0 Å². The van der Waals surface area contributed by atoms with E-state index in [2.05, 4.69) is 4.98 Å². The summed E-state index contributed by atoms with van der Waals surface area (Å²) in [6, 6.07) is 1.35. The topological polar surface area (TPSA) is 125 Å². The first-order chi connectivity index (χ1) is 10.5. The molecule has 8 nitrogen and oxygen atoms in total. The van der Waals surface area contributed by atoms with Crippen molar-refractivity contribution in [2.24, 2.45) is 0 Å². The first-order valence-electron chi connectivity index (χ1n) is 7.51. The van der Waals surface area contributed by atoms with E-state index in [0.717, 1.165) is 25.7 Å². The van der Waals surface area contributed by atoms with Crippen molar-refractivity contribution >= 4 is 0 Å². The van der Waals surface area contributed by atoms with E-state index in [4.69, 9.17) is 4.74 Å². The minimum Gasteiger partial charge on any atom is -0.394 e. The highest BCUT2D eigenvalue weighted by atomic mass is 16.6. The summed E-state index contributed by atoms with van der Waals surface area (Å²) in [4.78, 5) is 26.0. The van der Waals surface area contributed by atoms with Gasteiger partial charge < -0.3 is 20.1 Å². The molecule has 0 bridgehead atoms. The first-order valence-corrected chi connectivity index (χ1v) is 7.51. The molecule has 2 heterocycles. The Morgan fingerprint density at radius 3 is 2.50 bits per heavy atom. The molecule has 1 aromatic heterocycles. The van der Waals surface area contributed by atoms with Crippen LogP contribution >= 0.6 is 0 Å². The van der Waals surface area contributed by atoms with Gasteiger partial charge in [-0.1, -0.05) is 12.8 Å². The van der Waals surface area contributed by atoms with Crippen LogP contribution in [0.25, 0.3) is 0 Å². The van der Waals surface area contributed by atoms with Crippen molar-refractivity contribution < 1.29 is 20.1 Å². The van der Waals surface area contributed by atoms with Gasteiger partial charge in [-0.25, -0.2) is 4.79 Å². The minimum atomic E-state index is -1.35. The number of nitrogens with zero attached hydrogens (tertiary/aromatic N) is 1. The average molecular weight is 312 g/mol. The SMILES string of the molecule is O=c1cc(C2CCCC2)n([C@@H]2O[C@H](CO)[C@@H](O)[C@H]2O)c(=O)[nH]1. The molecular formula is C14H20N2O6. The standard InChI is InChI=1S/C14H20N2O6/c17-6-9-11(19)12(20)13(22-9)16-8(7-3-1-2-4-7)5-10(18)15-14(16)21/h5,7,9,11-13,17,19-20H,1-4,6H2,(H,15,18,21)/t9-,11-,12-,13-/m1/s1. The molecule has 0 unspecified atom stereocenters. The van der Waals surface area contributed by atoms with E-state index < -0.39 is 42.4 Å². The maximum absolute atomic E-state index is 12.2. The molecule has 122 valence electrons. The second kappa shape index (κ2) is 5.96. The third-order valence-corrected chi connectivity index (χ3v) is 4.55. The van der Waals surface area contributed by atoms with E-state index in [-0.39, 0.29) is 5.92 Å². The molecule has 4 N–H and O–H groups in total. The number of aromatic amines is 1. The second-order valence-electron chi connectivity index (χ2n) is 5.94. The monoisotopic (exact) mass is 312 g/mol. The zero-order chi connectivity index (χ0) is 15.9. The Morgan fingerprint density at radius 1 is 1.23 bits per heavy atom. The molecule has 22 heavy (non-hydrogen) atoms. The summed E-state index contributed by atoms with van der Waals surface area (Å²) in [5.41, 5.74) is -0.653. The van der Waals surface area contributed by atoms with E-state index in [0.29, 0.717) is 5.69 Å². The second-order valence-corrected chi connectivity index (χ2v) is 5.94. The molecular weight excluding hydrogens is 292 g/mol. The number of aliphatic hydroxyl groups excluding tert-OH is 3. The summed E-state index contributed by atoms with van der Waals surface area (Å²) in [7, 11) is 0. The highest BCUT2D eigenvalue weighted by Crippen LogP contribution is 2.36. The summed E-state index contributed by atoms with van der Waals surface area (Å²) in [5, 5.41) is 29.2. The van der Waals surface area contributed by atoms with E-state index in [1.54, 1.807) is 0 Å². The number of rotatable bonds is 3. The van der Waals surface area contributed by atoms with Crippen molar-refractivity contribution in [3.8, 4) is 0 Å². The van der Waals surface area contributed by atoms with Crippen molar-refractivity contribution in [2.75, 3.05) is 6.61 Å². The van der Waals surface area contributed by atoms with Crippen molar-refractivity contribution in [3.05, 3.63) is 32.6 Å². The van der Waals surface area contributed by atoms with E-state index >= 15 is 0 Å². The lowest BCUT2D eigenvalue weighted by atomic mass is 10.0. The number of hydrogen-bond donors (Lipinski definition) is 4. The van der Waals surface area contributed by atoms with Crippen LogP contribution in [-0.2, 0) is 4.74 Å². The van der Waals surface area contributed by atoms with Gasteiger partial charge >= 0.3 is 5.69 Å². The highest BCUT2D eigenvalue weighted by Gasteiger charge is 2.44. The smallest absolute Gasteiger partial charge is 0.330 e. The Balaban J connectivity index is 2.06. The molecule has 3 rings (SSSR count). The fourth-order valence-electron chi connectivity index (χ4n) is 3.41.